The molecule has 0 aliphatic carbocycles. The third-order valence-corrected chi connectivity index (χ3v) is 3.83. The summed E-state index contributed by atoms with van der Waals surface area (Å²) in [6.45, 7) is 3.55. The molecule has 0 saturated carbocycles. The number of rotatable bonds is 1. The molecule has 1 aliphatic rings. The highest BCUT2D eigenvalue weighted by Crippen LogP contribution is 2.19. The van der Waals surface area contributed by atoms with Gasteiger partial charge in [-0.2, -0.15) is 0 Å². The molecule has 1 amide bonds. The number of carbonyl (C=O) groups excluding carboxylic acids is 1. The number of likely N-dealkylation sites (tertiary alicyclic amines) is 1. The fourth-order valence-corrected chi connectivity index (χ4v) is 2.80. The van der Waals surface area contributed by atoms with E-state index in [1.54, 1.807) is 16.7 Å². The first kappa shape index (κ1) is 12.5. The smallest absolute Gasteiger partial charge is 0.272 e. The van der Waals surface area contributed by atoms with Crippen LogP contribution in [-0.2, 0) is 0 Å². The summed E-state index contributed by atoms with van der Waals surface area (Å²) < 4.78 is 1.80. The molecule has 0 aromatic carbocycles. The first-order chi connectivity index (χ1) is 9.16. The van der Waals surface area contributed by atoms with E-state index in [-0.39, 0.29) is 5.91 Å². The maximum Gasteiger partial charge on any atom is 0.272 e. The highest BCUT2D eigenvalue weighted by molar-refractivity contribution is 6.30. The molecule has 0 atom stereocenters. The number of imidazole rings is 1. The summed E-state index contributed by atoms with van der Waals surface area (Å²) in [5.74, 6) is 0.0620. The van der Waals surface area contributed by atoms with Crippen LogP contribution in [0.4, 0.5) is 0 Å². The molecule has 3 heterocycles. The Morgan fingerprint density at radius 2 is 2.00 bits per heavy atom. The number of nitrogens with zero attached hydrogens (tertiary/aromatic N) is 3. The molecule has 1 aliphatic heterocycles. The zero-order chi connectivity index (χ0) is 13.4. The van der Waals surface area contributed by atoms with E-state index >= 15 is 0 Å². The predicted molar refractivity (Wildman–Crippen MR) is 74.7 cm³/mol. The third kappa shape index (κ3) is 2.21. The second-order valence-corrected chi connectivity index (χ2v) is 5.41. The van der Waals surface area contributed by atoms with Crippen molar-refractivity contribution in [2.45, 2.75) is 26.2 Å². The van der Waals surface area contributed by atoms with E-state index in [1.165, 1.54) is 6.42 Å². The lowest BCUT2D eigenvalue weighted by Gasteiger charge is -2.26. The van der Waals surface area contributed by atoms with Gasteiger partial charge in [-0.3, -0.25) is 9.20 Å². The van der Waals surface area contributed by atoms with Crippen LogP contribution in [0, 0.1) is 6.92 Å². The monoisotopic (exact) mass is 277 g/mol. The molecule has 4 nitrogen and oxygen atoms in total. The Morgan fingerprint density at radius 3 is 2.74 bits per heavy atom. The fraction of sp³-hybridized carbons (Fsp3) is 0.429. The van der Waals surface area contributed by atoms with E-state index < -0.39 is 0 Å². The van der Waals surface area contributed by atoms with Gasteiger partial charge in [0.2, 0.25) is 0 Å². The summed E-state index contributed by atoms with van der Waals surface area (Å²) in [4.78, 5) is 19.0. The number of fused-ring (bicyclic) bond motifs is 1. The van der Waals surface area contributed by atoms with E-state index in [0.717, 1.165) is 37.3 Å². The normalized spacial score (nSPS) is 16.0. The van der Waals surface area contributed by atoms with Crippen molar-refractivity contribution < 1.29 is 4.79 Å². The van der Waals surface area contributed by atoms with Crippen molar-refractivity contribution >= 4 is 23.2 Å². The summed E-state index contributed by atoms with van der Waals surface area (Å²) in [6.07, 6.45) is 5.14. The van der Waals surface area contributed by atoms with Crippen LogP contribution in [0.3, 0.4) is 0 Å². The molecule has 0 unspecified atom stereocenters. The molecule has 1 saturated heterocycles. The van der Waals surface area contributed by atoms with Crippen LogP contribution < -0.4 is 0 Å². The molecule has 19 heavy (non-hydrogen) atoms. The van der Waals surface area contributed by atoms with Crippen LogP contribution >= 0.6 is 11.6 Å². The van der Waals surface area contributed by atoms with Gasteiger partial charge in [0.25, 0.3) is 5.91 Å². The Hall–Kier alpha value is -1.55. The van der Waals surface area contributed by atoms with E-state index in [4.69, 9.17) is 11.6 Å². The van der Waals surface area contributed by atoms with Gasteiger partial charge in [0, 0.05) is 19.3 Å². The molecule has 0 bridgehead atoms. The van der Waals surface area contributed by atoms with Gasteiger partial charge in [0.15, 0.2) is 0 Å². The van der Waals surface area contributed by atoms with Gasteiger partial charge in [-0.1, -0.05) is 11.6 Å². The van der Waals surface area contributed by atoms with Gasteiger partial charge >= 0.3 is 0 Å². The molecule has 0 spiro atoms. The number of halogens is 1. The molecule has 2 aromatic heterocycles. The number of aryl methyl sites for hydroxylation is 1. The number of piperidine rings is 1. The van der Waals surface area contributed by atoms with Crippen LogP contribution in [0.2, 0.25) is 5.02 Å². The minimum absolute atomic E-state index is 0.0620. The summed E-state index contributed by atoms with van der Waals surface area (Å²) in [5, 5.41) is 0.609. The van der Waals surface area contributed by atoms with E-state index in [0.29, 0.717) is 10.7 Å². The zero-order valence-electron chi connectivity index (χ0n) is 10.9. The van der Waals surface area contributed by atoms with Crippen molar-refractivity contribution in [2.75, 3.05) is 13.1 Å². The summed E-state index contributed by atoms with van der Waals surface area (Å²) >= 11 is 6.02. The van der Waals surface area contributed by atoms with E-state index in [2.05, 4.69) is 4.98 Å². The number of carbonyl (C=O) groups is 1. The second-order valence-electron chi connectivity index (χ2n) is 4.97. The Morgan fingerprint density at radius 1 is 1.26 bits per heavy atom. The lowest BCUT2D eigenvalue weighted by Crippen LogP contribution is -2.36. The van der Waals surface area contributed by atoms with Gasteiger partial charge in [0.05, 0.1) is 10.7 Å². The van der Waals surface area contributed by atoms with Crippen LogP contribution in [0.5, 0.6) is 0 Å². The van der Waals surface area contributed by atoms with E-state index in [1.807, 2.05) is 17.9 Å². The Labute approximate surface area is 117 Å². The summed E-state index contributed by atoms with van der Waals surface area (Å²) in [7, 11) is 0. The maximum absolute atomic E-state index is 12.6. The van der Waals surface area contributed by atoms with Crippen molar-refractivity contribution in [1.29, 1.82) is 0 Å². The fourth-order valence-electron chi connectivity index (χ4n) is 2.64. The molecular formula is C14H16ClN3O. The quantitative estimate of drug-likeness (QED) is 0.804. The molecule has 0 radical (unpaired) electrons. The van der Waals surface area contributed by atoms with Crippen molar-refractivity contribution in [3.63, 3.8) is 0 Å². The van der Waals surface area contributed by atoms with Crippen LogP contribution in [0.1, 0.15) is 35.4 Å². The Kier molecular flexibility index (Phi) is 3.19. The lowest BCUT2D eigenvalue weighted by molar-refractivity contribution is 0.0716. The van der Waals surface area contributed by atoms with Gasteiger partial charge in [-0.25, -0.2) is 4.98 Å². The second kappa shape index (κ2) is 4.85. The van der Waals surface area contributed by atoms with Crippen molar-refractivity contribution in [1.82, 2.24) is 14.3 Å². The zero-order valence-corrected chi connectivity index (χ0v) is 11.7. The first-order valence-corrected chi connectivity index (χ1v) is 6.98. The van der Waals surface area contributed by atoms with Gasteiger partial charge in [-0.15, -0.1) is 0 Å². The molecule has 100 valence electrons. The van der Waals surface area contributed by atoms with Gasteiger partial charge < -0.3 is 4.90 Å². The van der Waals surface area contributed by atoms with Crippen molar-refractivity contribution in [3.05, 3.63) is 34.7 Å². The molecule has 1 fully saturated rings. The van der Waals surface area contributed by atoms with Crippen molar-refractivity contribution in [2.24, 2.45) is 0 Å². The number of pyridine rings is 1. The van der Waals surface area contributed by atoms with Gasteiger partial charge in [0.1, 0.15) is 11.3 Å². The molecule has 3 rings (SSSR count). The standard InChI is InChI=1S/C14H16ClN3O/c1-10-13(14(19)17-7-3-2-4-8-17)18-9-11(15)5-6-12(18)16-10/h5-6,9H,2-4,7-8H2,1H3. The van der Waals surface area contributed by atoms with Gasteiger partial charge in [-0.05, 0) is 38.3 Å². The first-order valence-electron chi connectivity index (χ1n) is 6.60. The van der Waals surface area contributed by atoms with Crippen LogP contribution in [-0.4, -0.2) is 33.3 Å². The predicted octanol–water partition coefficient (Wildman–Crippen LogP) is 2.92. The summed E-state index contributed by atoms with van der Waals surface area (Å²) in [5.41, 5.74) is 2.17. The Balaban J connectivity index is 2.05. The Bertz CT molecular complexity index is 629. The number of hydrogen-bond acceptors (Lipinski definition) is 2. The summed E-state index contributed by atoms with van der Waals surface area (Å²) in [6, 6.07) is 3.63. The largest absolute Gasteiger partial charge is 0.337 e. The van der Waals surface area contributed by atoms with Crippen LogP contribution in [0.15, 0.2) is 18.3 Å². The highest BCUT2D eigenvalue weighted by atomic mass is 35.5. The minimum Gasteiger partial charge on any atom is -0.337 e. The number of hydrogen-bond donors (Lipinski definition) is 0. The average Bonchev–Trinajstić information content (AvgIpc) is 2.74. The highest BCUT2D eigenvalue weighted by Gasteiger charge is 2.23. The molecule has 0 N–H and O–H groups in total. The SMILES string of the molecule is Cc1nc2ccc(Cl)cn2c1C(=O)N1CCCCC1. The minimum atomic E-state index is 0.0620. The number of aromatic nitrogens is 2. The number of amides is 1. The maximum atomic E-state index is 12.6. The topological polar surface area (TPSA) is 37.6 Å². The molecule has 5 heteroatoms. The molecular weight excluding hydrogens is 262 g/mol. The average molecular weight is 278 g/mol. The molecule has 2 aromatic rings. The third-order valence-electron chi connectivity index (χ3n) is 3.60. The lowest BCUT2D eigenvalue weighted by atomic mass is 10.1. The van der Waals surface area contributed by atoms with E-state index in [9.17, 15) is 4.79 Å². The van der Waals surface area contributed by atoms with Crippen LogP contribution in [0.25, 0.3) is 5.65 Å². The van der Waals surface area contributed by atoms with Crippen molar-refractivity contribution in [3.8, 4) is 0 Å².